The van der Waals surface area contributed by atoms with Gasteiger partial charge in [-0.15, -0.1) is 0 Å². The molecule has 28 heavy (non-hydrogen) atoms. The van der Waals surface area contributed by atoms with Crippen LogP contribution in [0.4, 0.5) is 0 Å². The lowest BCUT2D eigenvalue weighted by Gasteiger charge is -2.06. The van der Waals surface area contributed by atoms with E-state index < -0.39 is 0 Å². The van der Waals surface area contributed by atoms with Crippen LogP contribution in [0.2, 0.25) is 0 Å². The quantitative estimate of drug-likeness (QED) is 0.499. The van der Waals surface area contributed by atoms with Gasteiger partial charge in [0.2, 0.25) is 0 Å². The van der Waals surface area contributed by atoms with Crippen LogP contribution in [0, 0.1) is 13.8 Å². The molecule has 4 heteroatoms. The van der Waals surface area contributed by atoms with Gasteiger partial charge in [-0.1, -0.05) is 24.3 Å². The maximum Gasteiger partial charge on any atom is 0.0889 e. The van der Waals surface area contributed by atoms with E-state index in [0.29, 0.717) is 0 Å². The van der Waals surface area contributed by atoms with Crippen molar-refractivity contribution in [3.05, 3.63) is 95.6 Å². The molecule has 0 aliphatic rings. The van der Waals surface area contributed by atoms with Crippen LogP contribution in [0.25, 0.3) is 22.8 Å². The summed E-state index contributed by atoms with van der Waals surface area (Å²) in [6.07, 6.45) is 5.74. The van der Waals surface area contributed by atoms with Gasteiger partial charge in [-0.25, -0.2) is 0 Å². The number of aromatic nitrogens is 4. The molecule has 0 bridgehead atoms. The lowest BCUT2D eigenvalue weighted by Crippen LogP contribution is -1.96. The van der Waals surface area contributed by atoms with Gasteiger partial charge in [0.15, 0.2) is 0 Å². The number of hydrogen-bond acceptors (Lipinski definition) is 4. The van der Waals surface area contributed by atoms with E-state index in [9.17, 15) is 0 Å². The van der Waals surface area contributed by atoms with Crippen LogP contribution in [0.15, 0.2) is 73.1 Å². The van der Waals surface area contributed by atoms with Gasteiger partial charge < -0.3 is 0 Å². The predicted molar refractivity (Wildman–Crippen MR) is 112 cm³/mol. The van der Waals surface area contributed by atoms with Gasteiger partial charge in [0.25, 0.3) is 0 Å². The third kappa shape index (κ3) is 4.29. The Hall–Kier alpha value is -3.40. The zero-order valence-electron chi connectivity index (χ0n) is 16.1. The van der Waals surface area contributed by atoms with Gasteiger partial charge >= 0.3 is 0 Å². The highest BCUT2D eigenvalue weighted by Gasteiger charge is 2.04. The minimum Gasteiger partial charge on any atom is -0.254 e. The molecular weight excluding hydrogens is 344 g/mol. The number of nitrogens with zero attached hydrogens (tertiary/aromatic N) is 4. The average molecular weight is 366 g/mol. The molecule has 138 valence electrons. The number of pyridine rings is 4. The zero-order chi connectivity index (χ0) is 19.3. The molecule has 4 nitrogen and oxygen atoms in total. The molecule has 0 spiro atoms. The van der Waals surface area contributed by atoms with Crippen molar-refractivity contribution in [2.75, 3.05) is 0 Å². The lowest BCUT2D eigenvalue weighted by atomic mass is 10.1. The van der Waals surface area contributed by atoms with E-state index in [1.165, 1.54) is 11.1 Å². The molecule has 0 aromatic carbocycles. The van der Waals surface area contributed by atoms with Gasteiger partial charge in [-0.3, -0.25) is 19.9 Å². The maximum absolute atomic E-state index is 4.58. The standard InChI is InChI=1S/C24H22N4/c1-17-5-3-7-23(27-17)21-13-11-19(15-25-21)9-10-20-12-14-22(26-16-20)24-8-4-6-18(2)28-24/h3-8,11-16H,9-10H2,1-2H3. The maximum atomic E-state index is 4.58. The third-order valence-electron chi connectivity index (χ3n) is 4.65. The van der Waals surface area contributed by atoms with Crippen LogP contribution in [0.3, 0.4) is 0 Å². The molecule has 0 saturated carbocycles. The summed E-state index contributed by atoms with van der Waals surface area (Å²) >= 11 is 0. The van der Waals surface area contributed by atoms with Crippen LogP contribution < -0.4 is 0 Å². The molecule has 0 aliphatic carbocycles. The molecule has 0 radical (unpaired) electrons. The Morgan fingerprint density at radius 2 is 1.00 bits per heavy atom. The van der Waals surface area contributed by atoms with Crippen molar-refractivity contribution in [3.63, 3.8) is 0 Å². The fourth-order valence-electron chi connectivity index (χ4n) is 3.11. The molecule has 4 aromatic heterocycles. The summed E-state index contributed by atoms with van der Waals surface area (Å²) in [5, 5.41) is 0. The van der Waals surface area contributed by atoms with E-state index in [-0.39, 0.29) is 0 Å². The van der Waals surface area contributed by atoms with Gasteiger partial charge in [-0.05, 0) is 74.2 Å². The van der Waals surface area contributed by atoms with E-state index in [0.717, 1.165) is 47.0 Å². The smallest absolute Gasteiger partial charge is 0.0889 e. The van der Waals surface area contributed by atoms with Crippen LogP contribution in [0.1, 0.15) is 22.5 Å². The van der Waals surface area contributed by atoms with Crippen LogP contribution in [0.5, 0.6) is 0 Å². The van der Waals surface area contributed by atoms with Crippen molar-refractivity contribution < 1.29 is 0 Å². The first-order valence-electron chi connectivity index (χ1n) is 9.45. The fourth-order valence-corrected chi connectivity index (χ4v) is 3.11. The Morgan fingerprint density at radius 3 is 1.36 bits per heavy atom. The summed E-state index contributed by atoms with van der Waals surface area (Å²) in [6.45, 7) is 3.98. The van der Waals surface area contributed by atoms with Crippen LogP contribution in [-0.4, -0.2) is 19.9 Å². The second kappa shape index (κ2) is 8.09. The van der Waals surface area contributed by atoms with E-state index in [1.54, 1.807) is 0 Å². The van der Waals surface area contributed by atoms with Crippen LogP contribution in [-0.2, 0) is 12.8 Å². The second-order valence-electron chi connectivity index (χ2n) is 6.93. The van der Waals surface area contributed by atoms with E-state index in [4.69, 9.17) is 0 Å². The molecular formula is C24H22N4. The topological polar surface area (TPSA) is 51.6 Å². The van der Waals surface area contributed by atoms with Crippen molar-refractivity contribution in [1.82, 2.24) is 19.9 Å². The van der Waals surface area contributed by atoms with Gasteiger partial charge in [0, 0.05) is 23.8 Å². The van der Waals surface area contributed by atoms with Crippen molar-refractivity contribution >= 4 is 0 Å². The molecule has 4 aromatic rings. The van der Waals surface area contributed by atoms with Gasteiger partial charge in [0.1, 0.15) is 0 Å². The van der Waals surface area contributed by atoms with E-state index in [1.807, 2.05) is 74.8 Å². The molecule has 0 saturated heterocycles. The summed E-state index contributed by atoms with van der Waals surface area (Å²) < 4.78 is 0. The summed E-state index contributed by atoms with van der Waals surface area (Å²) in [5.41, 5.74) is 8.06. The van der Waals surface area contributed by atoms with Crippen molar-refractivity contribution in [1.29, 1.82) is 0 Å². The third-order valence-corrected chi connectivity index (χ3v) is 4.65. The first-order valence-corrected chi connectivity index (χ1v) is 9.45. The Morgan fingerprint density at radius 1 is 0.536 bits per heavy atom. The largest absolute Gasteiger partial charge is 0.254 e. The minimum absolute atomic E-state index is 0.907. The molecule has 0 N–H and O–H groups in total. The Labute approximate surface area is 165 Å². The van der Waals surface area contributed by atoms with E-state index in [2.05, 4.69) is 32.1 Å². The molecule has 0 unspecified atom stereocenters. The molecule has 0 amide bonds. The summed E-state index contributed by atoms with van der Waals surface area (Å²) in [4.78, 5) is 18.2. The second-order valence-corrected chi connectivity index (χ2v) is 6.93. The summed E-state index contributed by atoms with van der Waals surface area (Å²) in [7, 11) is 0. The summed E-state index contributed by atoms with van der Waals surface area (Å²) in [6, 6.07) is 20.3. The number of rotatable bonds is 5. The molecule has 4 rings (SSSR count). The number of hydrogen-bond donors (Lipinski definition) is 0. The first kappa shape index (κ1) is 18.0. The highest BCUT2D eigenvalue weighted by molar-refractivity contribution is 5.55. The Bertz CT molecular complexity index is 981. The van der Waals surface area contributed by atoms with E-state index >= 15 is 0 Å². The monoisotopic (exact) mass is 366 g/mol. The van der Waals surface area contributed by atoms with Gasteiger partial charge in [0.05, 0.1) is 22.8 Å². The fraction of sp³-hybridized carbons (Fsp3) is 0.167. The van der Waals surface area contributed by atoms with Crippen LogP contribution >= 0.6 is 0 Å². The lowest BCUT2D eigenvalue weighted by molar-refractivity contribution is 0.941. The zero-order valence-corrected chi connectivity index (χ0v) is 16.1. The average Bonchev–Trinajstić information content (AvgIpc) is 2.73. The molecule has 0 aliphatic heterocycles. The Kier molecular flexibility index (Phi) is 5.20. The Balaban J connectivity index is 1.40. The normalized spacial score (nSPS) is 10.8. The minimum atomic E-state index is 0.907. The molecule has 4 heterocycles. The SMILES string of the molecule is Cc1cccc(-c2ccc(CCc3ccc(-c4cccc(C)n4)nc3)cn2)n1. The summed E-state index contributed by atoms with van der Waals surface area (Å²) in [5.74, 6) is 0. The molecule has 0 fully saturated rings. The highest BCUT2D eigenvalue weighted by atomic mass is 14.8. The predicted octanol–water partition coefficient (Wildman–Crippen LogP) is 5.00. The number of aryl methyl sites for hydroxylation is 4. The van der Waals surface area contributed by atoms with Crippen molar-refractivity contribution in [3.8, 4) is 22.8 Å². The van der Waals surface area contributed by atoms with Gasteiger partial charge in [-0.2, -0.15) is 0 Å². The first-order chi connectivity index (χ1) is 13.7. The van der Waals surface area contributed by atoms with Crippen molar-refractivity contribution in [2.45, 2.75) is 26.7 Å². The van der Waals surface area contributed by atoms with Crippen molar-refractivity contribution in [2.24, 2.45) is 0 Å². The highest BCUT2D eigenvalue weighted by Crippen LogP contribution is 2.17. The molecule has 0 atom stereocenters.